The molecule has 18 heavy (non-hydrogen) atoms. The zero-order valence-corrected chi connectivity index (χ0v) is 10.7. The first-order valence-electron chi connectivity index (χ1n) is 6.00. The molecule has 94 valence electrons. The summed E-state index contributed by atoms with van der Waals surface area (Å²) >= 11 is 0. The van der Waals surface area contributed by atoms with Crippen molar-refractivity contribution in [2.75, 3.05) is 11.9 Å². The second kappa shape index (κ2) is 6.12. The van der Waals surface area contributed by atoms with Crippen LogP contribution < -0.4 is 5.32 Å². The van der Waals surface area contributed by atoms with Gasteiger partial charge in [0.25, 0.3) is 0 Å². The van der Waals surface area contributed by atoms with Gasteiger partial charge in [-0.3, -0.25) is 0 Å². The van der Waals surface area contributed by atoms with Crippen molar-refractivity contribution in [3.63, 3.8) is 0 Å². The van der Waals surface area contributed by atoms with Crippen LogP contribution in [-0.4, -0.2) is 16.6 Å². The number of benzene rings is 1. The molecule has 0 bridgehead atoms. The van der Waals surface area contributed by atoms with Gasteiger partial charge in [0.15, 0.2) is 0 Å². The van der Waals surface area contributed by atoms with Crippen molar-refractivity contribution in [1.82, 2.24) is 9.97 Å². The molecule has 0 unspecified atom stereocenters. The molecular weight excluding hydrogens is 226 g/mol. The fourth-order valence-electron chi connectivity index (χ4n) is 1.57. The molecule has 0 spiro atoms. The van der Waals surface area contributed by atoms with Crippen molar-refractivity contribution in [2.45, 2.75) is 20.5 Å². The van der Waals surface area contributed by atoms with Gasteiger partial charge in [-0.05, 0) is 31.5 Å². The van der Waals surface area contributed by atoms with Crippen LogP contribution in [0.4, 0.5) is 11.5 Å². The Morgan fingerprint density at radius 1 is 1.17 bits per heavy atom. The Kier molecular flexibility index (Phi) is 4.25. The summed E-state index contributed by atoms with van der Waals surface area (Å²) in [5.41, 5.74) is 3.12. The van der Waals surface area contributed by atoms with Gasteiger partial charge in [0, 0.05) is 24.1 Å². The monoisotopic (exact) mass is 243 g/mol. The van der Waals surface area contributed by atoms with Gasteiger partial charge in [0.1, 0.15) is 12.1 Å². The molecule has 2 aromatic rings. The number of hydrogen-bond acceptors (Lipinski definition) is 4. The molecule has 0 fully saturated rings. The molecule has 4 heteroatoms. The topological polar surface area (TPSA) is 47.0 Å². The van der Waals surface area contributed by atoms with Gasteiger partial charge in [0.2, 0.25) is 0 Å². The van der Waals surface area contributed by atoms with Gasteiger partial charge in [-0.15, -0.1) is 0 Å². The molecule has 0 amide bonds. The largest absolute Gasteiger partial charge is 0.377 e. The average molecular weight is 243 g/mol. The lowest BCUT2D eigenvalue weighted by molar-refractivity contribution is 0.134. The van der Waals surface area contributed by atoms with Crippen LogP contribution in [0.15, 0.2) is 36.7 Å². The molecule has 0 saturated carbocycles. The van der Waals surface area contributed by atoms with Gasteiger partial charge >= 0.3 is 0 Å². The molecular formula is C14H17N3O. The number of aromatic nitrogens is 2. The van der Waals surface area contributed by atoms with Crippen LogP contribution >= 0.6 is 0 Å². The van der Waals surface area contributed by atoms with E-state index in [1.807, 2.05) is 44.2 Å². The third-order valence-electron chi connectivity index (χ3n) is 2.50. The minimum absolute atomic E-state index is 0.656. The Morgan fingerprint density at radius 2 is 1.94 bits per heavy atom. The summed E-state index contributed by atoms with van der Waals surface area (Å²) in [5, 5.41) is 3.24. The van der Waals surface area contributed by atoms with E-state index in [4.69, 9.17) is 4.74 Å². The number of nitrogens with one attached hydrogen (secondary N) is 1. The fourth-order valence-corrected chi connectivity index (χ4v) is 1.57. The highest BCUT2D eigenvalue weighted by atomic mass is 16.5. The standard InChI is InChI=1S/C14H17N3O/c1-3-18-9-12-4-6-13(7-5-12)17-14-8-11(2)15-10-16-14/h4-8,10H,3,9H2,1-2H3,(H,15,16,17). The van der Waals surface area contributed by atoms with Crippen LogP contribution in [0.1, 0.15) is 18.2 Å². The van der Waals surface area contributed by atoms with E-state index in [-0.39, 0.29) is 0 Å². The Hall–Kier alpha value is -1.94. The van der Waals surface area contributed by atoms with Gasteiger partial charge in [0.05, 0.1) is 6.61 Å². The first-order valence-corrected chi connectivity index (χ1v) is 6.00. The summed E-state index contributed by atoms with van der Waals surface area (Å²) in [5.74, 6) is 0.806. The van der Waals surface area contributed by atoms with Crippen molar-refractivity contribution in [1.29, 1.82) is 0 Å². The van der Waals surface area contributed by atoms with E-state index in [9.17, 15) is 0 Å². The van der Waals surface area contributed by atoms with Gasteiger partial charge in [-0.2, -0.15) is 0 Å². The summed E-state index contributed by atoms with van der Waals surface area (Å²) in [6, 6.07) is 10.0. The number of aryl methyl sites for hydroxylation is 1. The summed E-state index contributed by atoms with van der Waals surface area (Å²) in [6.45, 7) is 5.33. The third-order valence-corrected chi connectivity index (χ3v) is 2.50. The van der Waals surface area contributed by atoms with Crippen molar-refractivity contribution >= 4 is 11.5 Å². The van der Waals surface area contributed by atoms with Crippen LogP contribution in [0.5, 0.6) is 0 Å². The van der Waals surface area contributed by atoms with E-state index in [0.717, 1.165) is 23.8 Å². The third kappa shape index (κ3) is 3.53. The SMILES string of the molecule is CCOCc1ccc(Nc2cc(C)ncn2)cc1. The maximum Gasteiger partial charge on any atom is 0.133 e. The Balaban J connectivity index is 2.02. The second-order valence-corrected chi connectivity index (χ2v) is 4.00. The van der Waals surface area contributed by atoms with E-state index in [1.54, 1.807) is 6.33 Å². The molecule has 0 aliphatic heterocycles. The molecule has 0 saturated heterocycles. The minimum atomic E-state index is 0.656. The van der Waals surface area contributed by atoms with E-state index in [0.29, 0.717) is 6.61 Å². The van der Waals surface area contributed by atoms with Crippen LogP contribution in [0.25, 0.3) is 0 Å². The molecule has 1 aromatic carbocycles. The molecule has 0 aliphatic carbocycles. The normalized spacial score (nSPS) is 10.3. The lowest BCUT2D eigenvalue weighted by atomic mass is 10.2. The Labute approximate surface area is 107 Å². The highest BCUT2D eigenvalue weighted by Crippen LogP contribution is 2.15. The number of hydrogen-bond donors (Lipinski definition) is 1. The van der Waals surface area contributed by atoms with E-state index < -0.39 is 0 Å². The molecule has 1 aromatic heterocycles. The van der Waals surface area contributed by atoms with Crippen molar-refractivity contribution in [3.05, 3.63) is 47.9 Å². The van der Waals surface area contributed by atoms with Crippen LogP contribution in [0, 0.1) is 6.92 Å². The predicted octanol–water partition coefficient (Wildman–Crippen LogP) is 3.07. The molecule has 4 nitrogen and oxygen atoms in total. The Morgan fingerprint density at radius 3 is 2.61 bits per heavy atom. The van der Waals surface area contributed by atoms with Gasteiger partial charge < -0.3 is 10.1 Å². The maximum atomic E-state index is 5.35. The first-order chi connectivity index (χ1) is 8.78. The summed E-state index contributed by atoms with van der Waals surface area (Å²) < 4.78 is 5.35. The molecule has 1 N–H and O–H groups in total. The summed E-state index contributed by atoms with van der Waals surface area (Å²) in [6.07, 6.45) is 1.56. The predicted molar refractivity (Wildman–Crippen MR) is 71.8 cm³/mol. The quantitative estimate of drug-likeness (QED) is 0.876. The van der Waals surface area contributed by atoms with E-state index in [1.165, 1.54) is 5.56 Å². The van der Waals surface area contributed by atoms with Crippen LogP contribution in [-0.2, 0) is 11.3 Å². The summed E-state index contributed by atoms with van der Waals surface area (Å²) in [4.78, 5) is 8.22. The fraction of sp³-hybridized carbons (Fsp3) is 0.286. The lowest BCUT2D eigenvalue weighted by Crippen LogP contribution is -1.96. The number of nitrogens with zero attached hydrogens (tertiary/aromatic N) is 2. The van der Waals surface area contributed by atoms with Crippen molar-refractivity contribution < 1.29 is 4.74 Å². The lowest BCUT2D eigenvalue weighted by Gasteiger charge is -2.07. The van der Waals surface area contributed by atoms with E-state index in [2.05, 4.69) is 15.3 Å². The van der Waals surface area contributed by atoms with Crippen LogP contribution in [0.3, 0.4) is 0 Å². The summed E-state index contributed by atoms with van der Waals surface area (Å²) in [7, 11) is 0. The molecule has 1 heterocycles. The average Bonchev–Trinajstić information content (AvgIpc) is 2.38. The molecule has 0 aliphatic rings. The van der Waals surface area contributed by atoms with Gasteiger partial charge in [-0.25, -0.2) is 9.97 Å². The number of anilines is 2. The van der Waals surface area contributed by atoms with Crippen molar-refractivity contribution in [2.24, 2.45) is 0 Å². The highest BCUT2D eigenvalue weighted by Gasteiger charge is 1.98. The van der Waals surface area contributed by atoms with Crippen molar-refractivity contribution in [3.8, 4) is 0 Å². The highest BCUT2D eigenvalue weighted by molar-refractivity contribution is 5.56. The Bertz CT molecular complexity index is 497. The van der Waals surface area contributed by atoms with E-state index >= 15 is 0 Å². The number of ether oxygens (including phenoxy) is 1. The van der Waals surface area contributed by atoms with Crippen LogP contribution in [0.2, 0.25) is 0 Å². The molecule has 0 radical (unpaired) electrons. The molecule has 2 rings (SSSR count). The first kappa shape index (κ1) is 12.5. The maximum absolute atomic E-state index is 5.35. The smallest absolute Gasteiger partial charge is 0.133 e. The second-order valence-electron chi connectivity index (χ2n) is 4.00. The minimum Gasteiger partial charge on any atom is -0.377 e. The zero-order valence-electron chi connectivity index (χ0n) is 10.7. The molecule has 0 atom stereocenters. The van der Waals surface area contributed by atoms with Gasteiger partial charge in [-0.1, -0.05) is 12.1 Å². The number of rotatable bonds is 5. The zero-order chi connectivity index (χ0) is 12.8.